The van der Waals surface area contributed by atoms with E-state index in [9.17, 15) is 14.4 Å². The first-order valence-electron chi connectivity index (χ1n) is 4.62. The highest BCUT2D eigenvalue weighted by atomic mass is 35.5. The zero-order chi connectivity index (χ0) is 13.2. The maximum atomic E-state index is 11.5. The second kappa shape index (κ2) is 5.37. The molecule has 0 radical (unpaired) electrons. The Morgan fingerprint density at radius 1 is 1.47 bits per heavy atom. The third-order valence-corrected chi connectivity index (χ3v) is 2.27. The van der Waals surface area contributed by atoms with Gasteiger partial charge in [-0.3, -0.25) is 4.79 Å². The molecule has 0 amide bonds. The molecule has 0 aliphatic heterocycles. The van der Waals surface area contributed by atoms with Gasteiger partial charge in [0.1, 0.15) is 0 Å². The van der Waals surface area contributed by atoms with Gasteiger partial charge >= 0.3 is 11.6 Å². The van der Waals surface area contributed by atoms with Crippen LogP contribution in [0.2, 0.25) is 0 Å². The van der Waals surface area contributed by atoms with Crippen LogP contribution in [0.15, 0.2) is 9.32 Å². The summed E-state index contributed by atoms with van der Waals surface area (Å²) in [5.41, 5.74) is -1.16. The van der Waals surface area contributed by atoms with Crippen LogP contribution in [0.1, 0.15) is 27.8 Å². The summed E-state index contributed by atoms with van der Waals surface area (Å²) in [5.74, 6) is -1.78. The third kappa shape index (κ3) is 2.70. The zero-order valence-electron chi connectivity index (χ0n) is 9.03. The molecular weight excluding hydrogens is 273 g/mol. The number of aromatic nitrogens is 1. The van der Waals surface area contributed by atoms with E-state index in [1.807, 2.05) is 0 Å². The van der Waals surface area contributed by atoms with Gasteiger partial charge in [-0.05, 0) is 13.8 Å². The Hall–Kier alpha value is -1.27. The maximum absolute atomic E-state index is 11.5. The average Bonchev–Trinajstić information content (AvgIpc) is 2.54. The smallest absolute Gasteiger partial charge is 0.362 e. The fourth-order valence-corrected chi connectivity index (χ4v) is 1.30. The number of esters is 1. The molecule has 0 fully saturated rings. The first kappa shape index (κ1) is 13.8. The standard InChI is InChI=1S/C9H9Cl2NO5/c1-3-16-9(15)5-4(2)8(14)17-12(5)7(13)6(10)11/h6H,3H2,1-2H3. The Kier molecular flexibility index (Phi) is 4.36. The summed E-state index contributed by atoms with van der Waals surface area (Å²) in [5, 5.41) is 0. The highest BCUT2D eigenvalue weighted by molar-refractivity contribution is 6.53. The molecule has 0 saturated heterocycles. The largest absolute Gasteiger partial charge is 0.461 e. The molecule has 0 aromatic carbocycles. The number of carbonyl (C=O) groups is 2. The fraction of sp³-hybridized carbons (Fsp3) is 0.444. The summed E-state index contributed by atoms with van der Waals surface area (Å²) in [6.07, 6.45) is 0. The van der Waals surface area contributed by atoms with E-state index in [1.54, 1.807) is 6.92 Å². The van der Waals surface area contributed by atoms with Gasteiger partial charge in [0.15, 0.2) is 10.5 Å². The monoisotopic (exact) mass is 281 g/mol. The van der Waals surface area contributed by atoms with Crippen LogP contribution < -0.4 is 5.63 Å². The number of rotatable bonds is 3. The van der Waals surface area contributed by atoms with Crippen LogP contribution in [0.3, 0.4) is 0 Å². The minimum absolute atomic E-state index is 0.0363. The van der Waals surface area contributed by atoms with Crippen molar-refractivity contribution < 1.29 is 18.8 Å². The van der Waals surface area contributed by atoms with Gasteiger partial charge in [-0.25, -0.2) is 9.59 Å². The Bertz CT molecular complexity index is 502. The molecular formula is C9H9Cl2NO5. The molecule has 0 aliphatic carbocycles. The van der Waals surface area contributed by atoms with Gasteiger partial charge in [-0.15, -0.1) is 4.74 Å². The van der Waals surface area contributed by atoms with E-state index in [0.29, 0.717) is 4.74 Å². The fourth-order valence-electron chi connectivity index (χ4n) is 1.13. The second-order valence-electron chi connectivity index (χ2n) is 3.01. The average molecular weight is 282 g/mol. The molecule has 0 saturated carbocycles. The van der Waals surface area contributed by atoms with Gasteiger partial charge in [0.2, 0.25) is 0 Å². The van der Waals surface area contributed by atoms with E-state index >= 15 is 0 Å². The van der Waals surface area contributed by atoms with Gasteiger partial charge in [0.05, 0.1) is 12.2 Å². The Balaban J connectivity index is 3.32. The van der Waals surface area contributed by atoms with Gasteiger partial charge in [-0.2, -0.15) is 0 Å². The lowest BCUT2D eigenvalue weighted by molar-refractivity contribution is 0.0484. The predicted octanol–water partition coefficient (Wildman–Crippen LogP) is 1.37. The summed E-state index contributed by atoms with van der Waals surface area (Å²) in [7, 11) is 0. The van der Waals surface area contributed by atoms with E-state index in [0.717, 1.165) is 0 Å². The van der Waals surface area contributed by atoms with Crippen LogP contribution in [-0.2, 0) is 4.74 Å². The number of ether oxygens (including phenoxy) is 1. The van der Waals surface area contributed by atoms with Gasteiger partial charge in [0.25, 0.3) is 5.91 Å². The van der Waals surface area contributed by atoms with Crippen LogP contribution in [0.25, 0.3) is 0 Å². The van der Waals surface area contributed by atoms with Crippen LogP contribution in [0, 0.1) is 6.92 Å². The highest BCUT2D eigenvalue weighted by Crippen LogP contribution is 2.12. The summed E-state index contributed by atoms with van der Waals surface area (Å²) < 4.78 is 9.73. The summed E-state index contributed by atoms with van der Waals surface area (Å²) in [4.78, 5) is 32.9. The van der Waals surface area contributed by atoms with Crippen molar-refractivity contribution in [1.82, 2.24) is 4.74 Å². The molecule has 0 N–H and O–H groups in total. The molecule has 94 valence electrons. The van der Waals surface area contributed by atoms with Crippen molar-refractivity contribution >= 4 is 35.1 Å². The lowest BCUT2D eigenvalue weighted by atomic mass is 10.3. The molecule has 1 aromatic heterocycles. The minimum atomic E-state index is -1.45. The van der Waals surface area contributed by atoms with Gasteiger partial charge in [-0.1, -0.05) is 23.2 Å². The van der Waals surface area contributed by atoms with E-state index in [1.165, 1.54) is 6.92 Å². The molecule has 0 bridgehead atoms. The zero-order valence-corrected chi connectivity index (χ0v) is 10.5. The van der Waals surface area contributed by atoms with Crippen LogP contribution in [0.5, 0.6) is 0 Å². The quantitative estimate of drug-likeness (QED) is 0.618. The SMILES string of the molecule is CCOC(=O)c1c(C)c(=O)on1C(=O)C(Cl)Cl. The number of nitrogens with zero attached hydrogens (tertiary/aromatic N) is 1. The van der Waals surface area contributed by atoms with E-state index in [2.05, 4.69) is 4.52 Å². The lowest BCUT2D eigenvalue weighted by Gasteiger charge is -2.05. The molecule has 0 unspecified atom stereocenters. The molecule has 0 spiro atoms. The molecule has 1 heterocycles. The number of hydrogen-bond donors (Lipinski definition) is 0. The van der Waals surface area contributed by atoms with Crippen molar-refractivity contribution in [3.63, 3.8) is 0 Å². The molecule has 6 nitrogen and oxygen atoms in total. The van der Waals surface area contributed by atoms with Crippen molar-refractivity contribution in [2.24, 2.45) is 0 Å². The Morgan fingerprint density at radius 3 is 2.53 bits per heavy atom. The molecule has 8 heteroatoms. The van der Waals surface area contributed by atoms with Crippen molar-refractivity contribution in [2.45, 2.75) is 18.7 Å². The van der Waals surface area contributed by atoms with Crippen LogP contribution in [-0.4, -0.2) is 28.1 Å². The van der Waals surface area contributed by atoms with E-state index in [-0.39, 0.29) is 17.9 Å². The first-order valence-corrected chi connectivity index (χ1v) is 5.49. The third-order valence-electron chi connectivity index (χ3n) is 1.89. The molecule has 17 heavy (non-hydrogen) atoms. The van der Waals surface area contributed by atoms with E-state index in [4.69, 9.17) is 27.9 Å². The first-order chi connectivity index (χ1) is 7.90. The van der Waals surface area contributed by atoms with Crippen molar-refractivity contribution in [2.75, 3.05) is 6.61 Å². The van der Waals surface area contributed by atoms with Crippen molar-refractivity contribution in [3.05, 3.63) is 21.7 Å². The Morgan fingerprint density at radius 2 is 2.06 bits per heavy atom. The number of halogens is 2. The number of hydrogen-bond acceptors (Lipinski definition) is 5. The minimum Gasteiger partial charge on any atom is -0.461 e. The van der Waals surface area contributed by atoms with Crippen LogP contribution >= 0.6 is 23.2 Å². The second-order valence-corrected chi connectivity index (χ2v) is 4.10. The summed E-state index contributed by atoms with van der Waals surface area (Å²) in [6.45, 7) is 3.01. The molecule has 0 atom stereocenters. The van der Waals surface area contributed by atoms with E-state index < -0.39 is 22.3 Å². The van der Waals surface area contributed by atoms with Crippen molar-refractivity contribution in [1.29, 1.82) is 0 Å². The van der Waals surface area contributed by atoms with Crippen molar-refractivity contribution in [3.8, 4) is 0 Å². The van der Waals surface area contributed by atoms with Crippen LogP contribution in [0.4, 0.5) is 0 Å². The topological polar surface area (TPSA) is 78.5 Å². The Labute approximate surface area is 106 Å². The summed E-state index contributed by atoms with van der Waals surface area (Å²) in [6, 6.07) is 0. The predicted molar refractivity (Wildman–Crippen MR) is 59.8 cm³/mol. The lowest BCUT2D eigenvalue weighted by Crippen LogP contribution is -2.23. The number of alkyl halides is 2. The molecule has 1 aromatic rings. The normalized spacial score (nSPS) is 10.6. The van der Waals surface area contributed by atoms with Gasteiger partial charge in [0, 0.05) is 0 Å². The highest BCUT2D eigenvalue weighted by Gasteiger charge is 2.28. The number of carbonyl (C=O) groups excluding carboxylic acids is 2. The molecule has 1 rings (SSSR count). The van der Waals surface area contributed by atoms with Gasteiger partial charge < -0.3 is 9.26 Å². The molecule has 0 aliphatic rings. The maximum Gasteiger partial charge on any atom is 0.362 e. The summed E-state index contributed by atoms with van der Waals surface area (Å²) >= 11 is 10.7.